The molecular weight excluding hydrogens is 190 g/mol. The van der Waals surface area contributed by atoms with Gasteiger partial charge in [-0.15, -0.1) is 0 Å². The maximum Gasteiger partial charge on any atom is 0.123 e. The quantitative estimate of drug-likeness (QED) is 0.772. The first-order valence-corrected chi connectivity index (χ1v) is 5.39. The molecule has 2 unspecified atom stereocenters. The van der Waals surface area contributed by atoms with E-state index < -0.39 is 0 Å². The third-order valence-electron chi connectivity index (χ3n) is 2.90. The standard InChI is InChI=1S/C12H17NO2/c13-7-9(8-14)5-11-6-10-3-1-2-4-12(10)15-11/h1-4,9,11,14H,5-8,13H2. The van der Waals surface area contributed by atoms with E-state index in [0.29, 0.717) is 6.54 Å². The Bertz CT molecular complexity index is 298. The van der Waals surface area contributed by atoms with Crippen LogP contribution in [0.25, 0.3) is 0 Å². The van der Waals surface area contributed by atoms with E-state index in [9.17, 15) is 0 Å². The zero-order valence-electron chi connectivity index (χ0n) is 8.73. The van der Waals surface area contributed by atoms with Gasteiger partial charge in [-0.05, 0) is 30.5 Å². The lowest BCUT2D eigenvalue weighted by molar-refractivity contribution is 0.153. The molecule has 0 aliphatic carbocycles. The predicted octanol–water partition coefficient (Wildman–Crippen LogP) is 0.947. The molecule has 1 aromatic rings. The van der Waals surface area contributed by atoms with E-state index in [4.69, 9.17) is 15.6 Å². The Morgan fingerprint density at radius 3 is 2.93 bits per heavy atom. The molecule has 15 heavy (non-hydrogen) atoms. The SMILES string of the molecule is NCC(CO)CC1Cc2ccccc2O1. The van der Waals surface area contributed by atoms with Crippen LogP contribution in [-0.4, -0.2) is 24.4 Å². The van der Waals surface area contributed by atoms with Crippen LogP contribution in [0, 0.1) is 5.92 Å². The minimum atomic E-state index is 0.146. The van der Waals surface area contributed by atoms with E-state index >= 15 is 0 Å². The first-order valence-electron chi connectivity index (χ1n) is 5.39. The average Bonchev–Trinajstić information content (AvgIpc) is 2.68. The van der Waals surface area contributed by atoms with Crippen LogP contribution in [0.15, 0.2) is 24.3 Å². The minimum absolute atomic E-state index is 0.146. The Balaban J connectivity index is 1.95. The molecule has 0 saturated carbocycles. The number of ether oxygens (including phenoxy) is 1. The summed E-state index contributed by atoms with van der Waals surface area (Å²) in [6.45, 7) is 0.666. The molecule has 0 aromatic heterocycles. The van der Waals surface area contributed by atoms with Gasteiger partial charge in [0.1, 0.15) is 11.9 Å². The molecule has 0 fully saturated rings. The molecule has 3 heteroatoms. The maximum atomic E-state index is 9.07. The van der Waals surface area contributed by atoms with Crippen LogP contribution in [0.4, 0.5) is 0 Å². The maximum absolute atomic E-state index is 9.07. The number of nitrogens with two attached hydrogens (primary N) is 1. The highest BCUT2D eigenvalue weighted by Gasteiger charge is 2.24. The van der Waals surface area contributed by atoms with Crippen LogP contribution in [0.5, 0.6) is 5.75 Å². The largest absolute Gasteiger partial charge is 0.490 e. The van der Waals surface area contributed by atoms with Crippen LogP contribution in [0.2, 0.25) is 0 Å². The van der Waals surface area contributed by atoms with Crippen molar-refractivity contribution in [2.24, 2.45) is 11.7 Å². The molecule has 2 atom stereocenters. The normalized spacial score (nSPS) is 20.8. The molecule has 0 amide bonds. The minimum Gasteiger partial charge on any atom is -0.490 e. The number of hydrogen-bond donors (Lipinski definition) is 2. The summed E-state index contributed by atoms with van der Waals surface area (Å²) < 4.78 is 5.77. The highest BCUT2D eigenvalue weighted by Crippen LogP contribution is 2.30. The van der Waals surface area contributed by atoms with E-state index in [1.54, 1.807) is 0 Å². The molecule has 3 N–H and O–H groups in total. The van der Waals surface area contributed by atoms with Crippen molar-refractivity contribution in [3.63, 3.8) is 0 Å². The smallest absolute Gasteiger partial charge is 0.123 e. The Labute approximate surface area is 89.9 Å². The fraction of sp³-hybridized carbons (Fsp3) is 0.500. The Hall–Kier alpha value is -1.06. The van der Waals surface area contributed by atoms with E-state index in [1.807, 2.05) is 18.2 Å². The van der Waals surface area contributed by atoms with Crippen LogP contribution in [0.3, 0.4) is 0 Å². The third-order valence-corrected chi connectivity index (χ3v) is 2.90. The van der Waals surface area contributed by atoms with Crippen LogP contribution in [0.1, 0.15) is 12.0 Å². The van der Waals surface area contributed by atoms with Gasteiger partial charge in [-0.1, -0.05) is 18.2 Å². The average molecular weight is 207 g/mol. The van der Waals surface area contributed by atoms with E-state index in [0.717, 1.165) is 18.6 Å². The van der Waals surface area contributed by atoms with Crippen molar-refractivity contribution in [1.29, 1.82) is 0 Å². The second-order valence-corrected chi connectivity index (χ2v) is 4.07. The molecule has 3 nitrogen and oxygen atoms in total. The van der Waals surface area contributed by atoms with Crippen molar-refractivity contribution in [3.8, 4) is 5.75 Å². The molecule has 1 aliphatic rings. The topological polar surface area (TPSA) is 55.5 Å². The molecule has 1 heterocycles. The van der Waals surface area contributed by atoms with Gasteiger partial charge in [0.25, 0.3) is 0 Å². The lowest BCUT2D eigenvalue weighted by atomic mass is 9.99. The van der Waals surface area contributed by atoms with Crippen molar-refractivity contribution in [3.05, 3.63) is 29.8 Å². The summed E-state index contributed by atoms with van der Waals surface area (Å²) in [5.41, 5.74) is 6.81. The summed E-state index contributed by atoms with van der Waals surface area (Å²) in [7, 11) is 0. The fourth-order valence-corrected chi connectivity index (χ4v) is 2.00. The number of benzene rings is 1. The van der Waals surface area contributed by atoms with Gasteiger partial charge in [-0.25, -0.2) is 0 Å². The number of aliphatic hydroxyl groups is 1. The highest BCUT2D eigenvalue weighted by atomic mass is 16.5. The summed E-state index contributed by atoms with van der Waals surface area (Å²) in [5, 5.41) is 9.07. The molecule has 2 rings (SSSR count). The summed E-state index contributed by atoms with van der Waals surface area (Å²) in [4.78, 5) is 0. The van der Waals surface area contributed by atoms with E-state index in [1.165, 1.54) is 5.56 Å². The van der Waals surface area contributed by atoms with Crippen LogP contribution < -0.4 is 10.5 Å². The summed E-state index contributed by atoms with van der Waals surface area (Å²) in [5.74, 6) is 1.14. The molecule has 1 aliphatic heterocycles. The van der Waals surface area contributed by atoms with Gasteiger partial charge in [0.2, 0.25) is 0 Å². The number of fused-ring (bicyclic) bond motifs is 1. The van der Waals surface area contributed by atoms with Crippen molar-refractivity contribution >= 4 is 0 Å². The van der Waals surface area contributed by atoms with Gasteiger partial charge in [-0.2, -0.15) is 0 Å². The number of rotatable bonds is 4. The van der Waals surface area contributed by atoms with Gasteiger partial charge < -0.3 is 15.6 Å². The summed E-state index contributed by atoms with van der Waals surface area (Å²) in [6.07, 6.45) is 1.96. The number of hydrogen-bond acceptors (Lipinski definition) is 3. The third kappa shape index (κ3) is 2.30. The predicted molar refractivity (Wildman–Crippen MR) is 58.8 cm³/mol. The van der Waals surface area contributed by atoms with E-state index in [2.05, 4.69) is 6.07 Å². The number of aliphatic hydroxyl groups excluding tert-OH is 1. The fourth-order valence-electron chi connectivity index (χ4n) is 2.00. The molecule has 0 spiro atoms. The monoisotopic (exact) mass is 207 g/mol. The van der Waals surface area contributed by atoms with Gasteiger partial charge in [0.05, 0.1) is 0 Å². The van der Waals surface area contributed by atoms with Gasteiger partial charge >= 0.3 is 0 Å². The molecule has 0 bridgehead atoms. The lowest BCUT2D eigenvalue weighted by Crippen LogP contribution is -2.26. The van der Waals surface area contributed by atoms with Gasteiger partial charge in [0, 0.05) is 13.0 Å². The first kappa shape index (κ1) is 10.5. The van der Waals surface area contributed by atoms with Crippen molar-refractivity contribution < 1.29 is 9.84 Å². The second kappa shape index (κ2) is 4.64. The second-order valence-electron chi connectivity index (χ2n) is 4.07. The lowest BCUT2D eigenvalue weighted by Gasteiger charge is -2.16. The Morgan fingerprint density at radius 1 is 1.47 bits per heavy atom. The van der Waals surface area contributed by atoms with Crippen LogP contribution in [-0.2, 0) is 6.42 Å². The van der Waals surface area contributed by atoms with Gasteiger partial charge in [-0.3, -0.25) is 0 Å². The Kier molecular flexibility index (Phi) is 3.23. The van der Waals surface area contributed by atoms with E-state index in [-0.39, 0.29) is 18.6 Å². The molecular formula is C12H17NO2. The highest BCUT2D eigenvalue weighted by molar-refractivity contribution is 5.37. The van der Waals surface area contributed by atoms with Crippen molar-refractivity contribution in [1.82, 2.24) is 0 Å². The molecule has 1 aromatic carbocycles. The molecule has 0 radical (unpaired) electrons. The van der Waals surface area contributed by atoms with Crippen molar-refractivity contribution in [2.75, 3.05) is 13.2 Å². The zero-order chi connectivity index (χ0) is 10.7. The molecule has 82 valence electrons. The molecule has 0 saturated heterocycles. The van der Waals surface area contributed by atoms with Gasteiger partial charge in [0.15, 0.2) is 0 Å². The zero-order valence-corrected chi connectivity index (χ0v) is 8.73. The summed E-state index contributed by atoms with van der Waals surface area (Å²) in [6, 6.07) is 8.09. The summed E-state index contributed by atoms with van der Waals surface area (Å²) >= 11 is 0. The van der Waals surface area contributed by atoms with Crippen LogP contribution >= 0.6 is 0 Å². The Morgan fingerprint density at radius 2 is 2.27 bits per heavy atom. The first-order chi connectivity index (χ1) is 7.33. The number of para-hydroxylation sites is 1. The van der Waals surface area contributed by atoms with Crippen molar-refractivity contribution in [2.45, 2.75) is 18.9 Å².